The van der Waals surface area contributed by atoms with E-state index < -0.39 is 5.60 Å². The monoisotopic (exact) mass is 326 g/mol. The Hall–Kier alpha value is -1.77. The molecule has 1 N–H and O–H groups in total. The van der Waals surface area contributed by atoms with Crippen molar-refractivity contribution in [2.45, 2.75) is 76.7 Å². The van der Waals surface area contributed by atoms with Crippen molar-refractivity contribution in [3.05, 3.63) is 40.1 Å². The lowest BCUT2D eigenvalue weighted by atomic mass is 9.81. The molecule has 3 nitrogen and oxygen atoms in total. The van der Waals surface area contributed by atoms with Crippen LogP contribution in [0.15, 0.2) is 17.9 Å². The van der Waals surface area contributed by atoms with Crippen LogP contribution in [-0.4, -0.2) is 16.7 Å². The molecule has 0 bridgehead atoms. The van der Waals surface area contributed by atoms with Crippen LogP contribution in [0.2, 0.25) is 0 Å². The Morgan fingerprint density at radius 3 is 2.54 bits per heavy atom. The number of hydrogen-bond acceptors (Lipinski definition) is 3. The first-order valence-electron chi connectivity index (χ1n) is 9.36. The van der Waals surface area contributed by atoms with Gasteiger partial charge in [0.2, 0.25) is 0 Å². The van der Waals surface area contributed by atoms with E-state index in [0.29, 0.717) is 11.5 Å². The van der Waals surface area contributed by atoms with Crippen molar-refractivity contribution in [1.29, 1.82) is 0 Å². The van der Waals surface area contributed by atoms with Crippen LogP contribution >= 0.6 is 0 Å². The number of esters is 1. The molecule has 1 aliphatic heterocycles. The van der Waals surface area contributed by atoms with Gasteiger partial charge in [-0.2, -0.15) is 0 Å². The zero-order valence-electron chi connectivity index (χ0n) is 14.7. The molecule has 0 saturated heterocycles. The average Bonchev–Trinajstić information content (AvgIpc) is 3.38. The summed E-state index contributed by atoms with van der Waals surface area (Å²) in [4.78, 5) is 12.8. The summed E-state index contributed by atoms with van der Waals surface area (Å²) < 4.78 is 5.79. The first-order chi connectivity index (χ1) is 11.6. The third kappa shape index (κ3) is 2.37. The van der Waals surface area contributed by atoms with E-state index in [-0.39, 0.29) is 11.7 Å². The van der Waals surface area contributed by atoms with E-state index >= 15 is 0 Å². The van der Waals surface area contributed by atoms with E-state index in [2.05, 4.69) is 26.0 Å². The quantitative estimate of drug-likeness (QED) is 0.798. The summed E-state index contributed by atoms with van der Waals surface area (Å²) in [5, 5.41) is 11.0. The van der Waals surface area contributed by atoms with Crippen LogP contribution in [0.5, 0.6) is 0 Å². The highest BCUT2D eigenvalue weighted by molar-refractivity contribution is 6.20. The van der Waals surface area contributed by atoms with Gasteiger partial charge in [-0.05, 0) is 74.5 Å². The fraction of sp³-hybridized carbons (Fsp3) is 0.571. The molecule has 2 fully saturated rings. The third-order valence-corrected chi connectivity index (χ3v) is 5.86. The number of ether oxygens (including phenoxy) is 1. The SMILES string of the molecule is CCc1cc(C)cc(C2CC2)c1C1=C(O)C2(CCCCC2)OC1=O. The number of aliphatic hydroxyl groups excluding tert-OH is 1. The molecule has 1 heterocycles. The minimum Gasteiger partial charge on any atom is -0.507 e. The minimum atomic E-state index is -0.749. The highest BCUT2D eigenvalue weighted by Crippen LogP contribution is 2.50. The van der Waals surface area contributed by atoms with E-state index in [9.17, 15) is 9.90 Å². The van der Waals surface area contributed by atoms with Gasteiger partial charge >= 0.3 is 5.97 Å². The molecule has 1 aromatic rings. The van der Waals surface area contributed by atoms with Crippen molar-refractivity contribution in [3.8, 4) is 0 Å². The first kappa shape index (κ1) is 15.7. The Bertz CT molecular complexity index is 719. The fourth-order valence-electron chi connectivity index (χ4n) is 4.48. The Balaban J connectivity index is 1.90. The molecule has 24 heavy (non-hydrogen) atoms. The van der Waals surface area contributed by atoms with E-state index in [1.807, 2.05) is 0 Å². The van der Waals surface area contributed by atoms with E-state index in [1.165, 1.54) is 24.0 Å². The van der Waals surface area contributed by atoms with Crippen molar-refractivity contribution in [2.75, 3.05) is 0 Å². The number of rotatable bonds is 3. The summed E-state index contributed by atoms with van der Waals surface area (Å²) >= 11 is 0. The molecule has 0 atom stereocenters. The maximum absolute atomic E-state index is 12.8. The predicted octanol–water partition coefficient (Wildman–Crippen LogP) is 4.96. The van der Waals surface area contributed by atoms with Crippen molar-refractivity contribution in [3.63, 3.8) is 0 Å². The van der Waals surface area contributed by atoms with Gasteiger partial charge in [-0.3, -0.25) is 0 Å². The molecule has 4 rings (SSSR count). The number of benzene rings is 1. The number of aliphatic hydroxyl groups is 1. The number of carbonyl (C=O) groups is 1. The lowest BCUT2D eigenvalue weighted by Crippen LogP contribution is -2.34. The smallest absolute Gasteiger partial charge is 0.343 e. The lowest BCUT2D eigenvalue weighted by Gasteiger charge is -2.31. The second kappa shape index (κ2) is 5.65. The maximum Gasteiger partial charge on any atom is 0.343 e. The zero-order valence-corrected chi connectivity index (χ0v) is 14.7. The Labute approximate surface area is 143 Å². The number of aryl methyl sites for hydroxylation is 2. The van der Waals surface area contributed by atoms with Crippen molar-refractivity contribution < 1.29 is 14.6 Å². The second-order valence-corrected chi connectivity index (χ2v) is 7.68. The molecule has 3 heteroatoms. The fourth-order valence-corrected chi connectivity index (χ4v) is 4.48. The molecule has 2 aliphatic carbocycles. The third-order valence-electron chi connectivity index (χ3n) is 5.86. The van der Waals surface area contributed by atoms with Crippen LogP contribution in [0, 0.1) is 6.92 Å². The Morgan fingerprint density at radius 1 is 1.21 bits per heavy atom. The molecule has 0 unspecified atom stereocenters. The van der Waals surface area contributed by atoms with Gasteiger partial charge in [0.1, 0.15) is 5.57 Å². The Kier molecular flexibility index (Phi) is 3.70. The highest BCUT2D eigenvalue weighted by Gasteiger charge is 2.50. The van der Waals surface area contributed by atoms with Crippen molar-refractivity contribution >= 4 is 11.5 Å². The molecular formula is C21H26O3. The van der Waals surface area contributed by atoms with Crippen molar-refractivity contribution in [2.24, 2.45) is 0 Å². The van der Waals surface area contributed by atoms with Crippen LogP contribution in [-0.2, 0) is 16.0 Å². The van der Waals surface area contributed by atoms with Gasteiger partial charge in [-0.15, -0.1) is 0 Å². The van der Waals surface area contributed by atoms with Crippen molar-refractivity contribution in [1.82, 2.24) is 0 Å². The lowest BCUT2D eigenvalue weighted by molar-refractivity contribution is -0.149. The summed E-state index contributed by atoms with van der Waals surface area (Å²) in [7, 11) is 0. The normalized spacial score (nSPS) is 23.0. The van der Waals surface area contributed by atoms with Gasteiger partial charge in [0.15, 0.2) is 11.4 Å². The minimum absolute atomic E-state index is 0.202. The van der Waals surface area contributed by atoms with E-state index in [4.69, 9.17) is 4.74 Å². The molecule has 0 amide bonds. The predicted molar refractivity (Wildman–Crippen MR) is 94.0 cm³/mol. The largest absolute Gasteiger partial charge is 0.507 e. The summed E-state index contributed by atoms with van der Waals surface area (Å²) in [6, 6.07) is 4.35. The van der Waals surface area contributed by atoms with Crippen LogP contribution in [0.3, 0.4) is 0 Å². The standard InChI is InChI=1S/C21H26O3/c1-3-14-11-13(2)12-16(15-7-8-15)17(14)18-19(22)21(24-20(18)23)9-5-4-6-10-21/h11-12,15,22H,3-10H2,1-2H3. The van der Waals surface area contributed by atoms with Gasteiger partial charge in [-0.1, -0.05) is 31.0 Å². The van der Waals surface area contributed by atoms with Crippen LogP contribution in [0.4, 0.5) is 0 Å². The second-order valence-electron chi connectivity index (χ2n) is 7.68. The van der Waals surface area contributed by atoms with E-state index in [0.717, 1.165) is 49.7 Å². The average molecular weight is 326 g/mol. The summed E-state index contributed by atoms with van der Waals surface area (Å²) in [5.41, 5.74) is 4.30. The summed E-state index contributed by atoms with van der Waals surface area (Å²) in [6.07, 6.45) is 7.87. The molecular weight excluding hydrogens is 300 g/mol. The molecule has 3 aliphatic rings. The van der Waals surface area contributed by atoms with Gasteiger partial charge in [0.25, 0.3) is 0 Å². The van der Waals surface area contributed by atoms with Gasteiger partial charge in [0.05, 0.1) is 0 Å². The molecule has 1 aromatic carbocycles. The van der Waals surface area contributed by atoms with Gasteiger partial charge in [0, 0.05) is 0 Å². The maximum atomic E-state index is 12.8. The van der Waals surface area contributed by atoms with Gasteiger partial charge in [-0.25, -0.2) is 4.79 Å². The molecule has 128 valence electrons. The number of carbonyl (C=O) groups excluding carboxylic acids is 1. The van der Waals surface area contributed by atoms with E-state index in [1.54, 1.807) is 0 Å². The number of hydrogen-bond donors (Lipinski definition) is 1. The van der Waals surface area contributed by atoms with Gasteiger partial charge < -0.3 is 9.84 Å². The zero-order chi connectivity index (χ0) is 16.9. The summed E-state index contributed by atoms with van der Waals surface area (Å²) in [5.74, 6) is 0.406. The molecule has 1 spiro atoms. The Morgan fingerprint density at radius 2 is 1.92 bits per heavy atom. The molecule has 2 saturated carbocycles. The summed E-state index contributed by atoms with van der Waals surface area (Å²) in [6.45, 7) is 4.22. The molecule has 0 radical (unpaired) electrons. The van der Waals surface area contributed by atoms with Crippen LogP contribution in [0.1, 0.15) is 80.0 Å². The highest BCUT2D eigenvalue weighted by atomic mass is 16.6. The topological polar surface area (TPSA) is 46.5 Å². The van der Waals surface area contributed by atoms with Crippen LogP contribution < -0.4 is 0 Å². The first-order valence-corrected chi connectivity index (χ1v) is 9.36. The molecule has 0 aromatic heterocycles. The van der Waals surface area contributed by atoms with Crippen LogP contribution in [0.25, 0.3) is 5.57 Å².